The van der Waals surface area contributed by atoms with Gasteiger partial charge in [0, 0.05) is 11.1 Å². The lowest BCUT2D eigenvalue weighted by Crippen LogP contribution is -2.24. The van der Waals surface area contributed by atoms with Gasteiger partial charge in [0.2, 0.25) is 0 Å². The predicted octanol–water partition coefficient (Wildman–Crippen LogP) is 5.15. The van der Waals surface area contributed by atoms with Gasteiger partial charge in [0.05, 0.1) is 6.61 Å². The van der Waals surface area contributed by atoms with Crippen molar-refractivity contribution >= 4 is 11.6 Å². The van der Waals surface area contributed by atoms with Crippen molar-refractivity contribution in [2.45, 2.75) is 64.3 Å². The Kier molecular flexibility index (Phi) is 6.85. The van der Waals surface area contributed by atoms with Crippen molar-refractivity contribution in [2.24, 2.45) is 0 Å². The molecule has 1 aromatic rings. The van der Waals surface area contributed by atoms with Gasteiger partial charge in [-0.3, -0.25) is 0 Å². The Balaban J connectivity index is 1.91. The standard InChI is InChI=1S/C18H28ClNO/c1-14(2)20-11-6-12-21-18-10-9-16(19)13-17(18)15-7-4-3-5-8-15/h9-10,13-15,20H,3-8,11-12H2,1-2H3. The van der Waals surface area contributed by atoms with Crippen LogP contribution in [-0.4, -0.2) is 19.2 Å². The molecule has 0 spiro atoms. The van der Waals surface area contributed by atoms with Crippen molar-refractivity contribution in [3.8, 4) is 5.75 Å². The Morgan fingerprint density at radius 3 is 2.71 bits per heavy atom. The van der Waals surface area contributed by atoms with E-state index in [4.69, 9.17) is 16.3 Å². The molecule has 0 amide bonds. The Labute approximate surface area is 134 Å². The van der Waals surface area contributed by atoms with E-state index in [2.05, 4.69) is 25.2 Å². The molecule has 1 aliphatic carbocycles. The molecule has 1 fully saturated rings. The summed E-state index contributed by atoms with van der Waals surface area (Å²) < 4.78 is 6.03. The van der Waals surface area contributed by atoms with E-state index >= 15 is 0 Å². The van der Waals surface area contributed by atoms with Crippen molar-refractivity contribution in [2.75, 3.05) is 13.2 Å². The third kappa shape index (κ3) is 5.52. The number of halogens is 1. The second-order valence-corrected chi connectivity index (χ2v) is 6.76. The van der Waals surface area contributed by atoms with Crippen LogP contribution in [0.3, 0.4) is 0 Å². The first kappa shape index (κ1) is 16.6. The fourth-order valence-corrected chi connectivity index (χ4v) is 3.21. The molecule has 21 heavy (non-hydrogen) atoms. The summed E-state index contributed by atoms with van der Waals surface area (Å²) in [6, 6.07) is 6.63. The topological polar surface area (TPSA) is 21.3 Å². The van der Waals surface area contributed by atoms with E-state index in [-0.39, 0.29) is 0 Å². The van der Waals surface area contributed by atoms with Gasteiger partial charge in [0.15, 0.2) is 0 Å². The molecular weight excluding hydrogens is 282 g/mol. The summed E-state index contributed by atoms with van der Waals surface area (Å²) >= 11 is 6.19. The first-order valence-corrected chi connectivity index (χ1v) is 8.70. The number of benzene rings is 1. The number of hydrogen-bond acceptors (Lipinski definition) is 2. The Hall–Kier alpha value is -0.730. The van der Waals surface area contributed by atoms with Crippen LogP contribution in [0.4, 0.5) is 0 Å². The monoisotopic (exact) mass is 309 g/mol. The van der Waals surface area contributed by atoms with Gasteiger partial charge < -0.3 is 10.1 Å². The molecule has 0 radical (unpaired) electrons. The summed E-state index contributed by atoms with van der Waals surface area (Å²) in [7, 11) is 0. The van der Waals surface area contributed by atoms with E-state index in [1.54, 1.807) is 0 Å². The molecule has 0 atom stereocenters. The number of rotatable bonds is 7. The Bertz CT molecular complexity index is 427. The average molecular weight is 310 g/mol. The van der Waals surface area contributed by atoms with Gasteiger partial charge >= 0.3 is 0 Å². The lowest BCUT2D eigenvalue weighted by Gasteiger charge is -2.24. The maximum absolute atomic E-state index is 6.19. The third-order valence-electron chi connectivity index (χ3n) is 4.15. The fourth-order valence-electron chi connectivity index (χ4n) is 3.03. The quantitative estimate of drug-likeness (QED) is 0.703. The molecule has 0 bridgehead atoms. The summed E-state index contributed by atoms with van der Waals surface area (Å²) in [5, 5.41) is 4.24. The van der Waals surface area contributed by atoms with Crippen LogP contribution in [0.5, 0.6) is 5.75 Å². The highest BCUT2D eigenvalue weighted by Crippen LogP contribution is 2.38. The van der Waals surface area contributed by atoms with Crippen LogP contribution in [0.15, 0.2) is 18.2 Å². The molecule has 2 nitrogen and oxygen atoms in total. The maximum atomic E-state index is 6.19. The minimum absolute atomic E-state index is 0.540. The molecule has 1 N–H and O–H groups in total. The fraction of sp³-hybridized carbons (Fsp3) is 0.667. The lowest BCUT2D eigenvalue weighted by atomic mass is 9.84. The summed E-state index contributed by atoms with van der Waals surface area (Å²) in [4.78, 5) is 0. The molecule has 3 heteroatoms. The van der Waals surface area contributed by atoms with Crippen LogP contribution in [0, 0.1) is 0 Å². The third-order valence-corrected chi connectivity index (χ3v) is 4.38. The molecule has 0 heterocycles. The lowest BCUT2D eigenvalue weighted by molar-refractivity contribution is 0.298. The Morgan fingerprint density at radius 2 is 2.00 bits per heavy atom. The molecule has 1 aromatic carbocycles. The zero-order valence-corrected chi connectivity index (χ0v) is 14.1. The first-order chi connectivity index (χ1) is 10.2. The average Bonchev–Trinajstić information content (AvgIpc) is 2.49. The summed E-state index contributed by atoms with van der Waals surface area (Å²) in [6.45, 7) is 6.10. The summed E-state index contributed by atoms with van der Waals surface area (Å²) in [5.41, 5.74) is 1.32. The molecular formula is C18H28ClNO. The molecule has 0 aromatic heterocycles. The summed E-state index contributed by atoms with van der Waals surface area (Å²) in [6.07, 6.45) is 7.60. The van der Waals surface area contributed by atoms with E-state index in [9.17, 15) is 0 Å². The van der Waals surface area contributed by atoms with E-state index in [1.807, 2.05) is 12.1 Å². The highest BCUT2D eigenvalue weighted by atomic mass is 35.5. The van der Waals surface area contributed by atoms with Crippen LogP contribution < -0.4 is 10.1 Å². The van der Waals surface area contributed by atoms with E-state index in [0.717, 1.165) is 30.3 Å². The molecule has 0 unspecified atom stereocenters. The van der Waals surface area contributed by atoms with Gasteiger partial charge in [-0.15, -0.1) is 0 Å². The van der Waals surface area contributed by atoms with Crippen molar-refractivity contribution in [1.29, 1.82) is 0 Å². The van der Waals surface area contributed by atoms with Gasteiger partial charge in [-0.2, -0.15) is 0 Å². The SMILES string of the molecule is CC(C)NCCCOc1ccc(Cl)cc1C1CCCCC1. The van der Waals surface area contributed by atoms with Crippen LogP contribution in [0.1, 0.15) is 63.9 Å². The van der Waals surface area contributed by atoms with E-state index < -0.39 is 0 Å². The smallest absolute Gasteiger partial charge is 0.122 e. The van der Waals surface area contributed by atoms with Crippen LogP contribution in [0.25, 0.3) is 0 Å². The number of ether oxygens (including phenoxy) is 1. The zero-order chi connectivity index (χ0) is 15.1. The molecule has 0 saturated heterocycles. The van der Waals surface area contributed by atoms with Gasteiger partial charge in [0.25, 0.3) is 0 Å². The number of nitrogens with one attached hydrogen (secondary N) is 1. The van der Waals surface area contributed by atoms with Crippen LogP contribution in [0.2, 0.25) is 5.02 Å². The second-order valence-electron chi connectivity index (χ2n) is 6.33. The van der Waals surface area contributed by atoms with Crippen molar-refractivity contribution < 1.29 is 4.74 Å². The molecule has 0 aliphatic heterocycles. The highest BCUT2D eigenvalue weighted by molar-refractivity contribution is 6.30. The maximum Gasteiger partial charge on any atom is 0.122 e. The highest BCUT2D eigenvalue weighted by Gasteiger charge is 2.19. The second kappa shape index (κ2) is 8.65. The first-order valence-electron chi connectivity index (χ1n) is 8.32. The molecule has 1 saturated carbocycles. The summed E-state index contributed by atoms with van der Waals surface area (Å²) in [5.74, 6) is 1.66. The van der Waals surface area contributed by atoms with Crippen LogP contribution in [-0.2, 0) is 0 Å². The van der Waals surface area contributed by atoms with Gasteiger partial charge in [0.1, 0.15) is 5.75 Å². The van der Waals surface area contributed by atoms with Gasteiger partial charge in [-0.05, 0) is 55.5 Å². The van der Waals surface area contributed by atoms with Crippen molar-refractivity contribution in [1.82, 2.24) is 5.32 Å². The van der Waals surface area contributed by atoms with Gasteiger partial charge in [-0.25, -0.2) is 0 Å². The van der Waals surface area contributed by atoms with Crippen LogP contribution >= 0.6 is 11.6 Å². The van der Waals surface area contributed by atoms with E-state index in [1.165, 1.54) is 37.7 Å². The zero-order valence-electron chi connectivity index (χ0n) is 13.3. The van der Waals surface area contributed by atoms with Crippen molar-refractivity contribution in [3.63, 3.8) is 0 Å². The molecule has 2 rings (SSSR count). The molecule has 1 aliphatic rings. The number of hydrogen-bond donors (Lipinski definition) is 1. The minimum atomic E-state index is 0.540. The largest absolute Gasteiger partial charge is 0.493 e. The normalized spacial score (nSPS) is 16.4. The van der Waals surface area contributed by atoms with Gasteiger partial charge in [-0.1, -0.05) is 44.7 Å². The van der Waals surface area contributed by atoms with Crippen molar-refractivity contribution in [3.05, 3.63) is 28.8 Å². The molecule has 118 valence electrons. The predicted molar refractivity (Wildman–Crippen MR) is 90.5 cm³/mol. The minimum Gasteiger partial charge on any atom is -0.493 e. The Morgan fingerprint density at radius 1 is 1.24 bits per heavy atom. The van der Waals surface area contributed by atoms with E-state index in [0.29, 0.717) is 12.0 Å².